The number of ether oxygens (including phenoxy) is 7. The van der Waals surface area contributed by atoms with E-state index in [1.807, 2.05) is 66.7 Å². The van der Waals surface area contributed by atoms with Gasteiger partial charge in [-0.1, -0.05) is 91.0 Å². The van der Waals surface area contributed by atoms with Gasteiger partial charge in [0.25, 0.3) is 0 Å². The summed E-state index contributed by atoms with van der Waals surface area (Å²) in [7, 11) is 0. The number of ketones is 1. The zero-order valence-electron chi connectivity index (χ0n) is 33.3. The molecule has 0 radical (unpaired) electrons. The number of hydrogen-bond acceptors (Lipinski definition) is 11. The Morgan fingerprint density at radius 2 is 1.21 bits per heavy atom. The lowest BCUT2D eigenvalue weighted by Crippen LogP contribution is -2.46. The first-order valence-electron chi connectivity index (χ1n) is 20.1. The smallest absolute Gasteiger partial charge is 0.228 e. The first kappa shape index (κ1) is 43.2. The molecule has 4 atom stereocenters. The molecule has 4 unspecified atom stereocenters. The number of aliphatic hydroxyl groups excluding tert-OH is 1. The zero-order chi connectivity index (χ0) is 40.4. The van der Waals surface area contributed by atoms with Crippen molar-refractivity contribution in [3.8, 4) is 0 Å². The molecule has 0 saturated carbocycles. The largest absolute Gasteiger partial charge is 0.392 e. The van der Waals surface area contributed by atoms with Crippen molar-refractivity contribution in [1.29, 1.82) is 0 Å². The van der Waals surface area contributed by atoms with Crippen molar-refractivity contribution in [2.45, 2.75) is 44.4 Å². The molecule has 310 valence electrons. The third-order valence-corrected chi connectivity index (χ3v) is 10.2. The van der Waals surface area contributed by atoms with Crippen LogP contribution in [0.1, 0.15) is 63.4 Å². The predicted octanol–water partition coefficient (Wildman–Crippen LogP) is 5.90. The molecule has 2 aliphatic rings. The van der Waals surface area contributed by atoms with Crippen molar-refractivity contribution in [3.63, 3.8) is 0 Å². The molecule has 12 heteroatoms. The number of Topliss-reactive ketones (excluding diaryl/α,β-unsaturated/α-hetero) is 1. The van der Waals surface area contributed by atoms with Crippen molar-refractivity contribution >= 4 is 17.4 Å². The van der Waals surface area contributed by atoms with Gasteiger partial charge in [-0.3, -0.25) is 14.5 Å². The Morgan fingerprint density at radius 3 is 1.79 bits per heavy atom. The van der Waals surface area contributed by atoms with Crippen LogP contribution < -0.4 is 5.32 Å². The molecule has 2 heterocycles. The number of anilines is 1. The van der Waals surface area contributed by atoms with Crippen LogP contribution in [0.2, 0.25) is 0 Å². The van der Waals surface area contributed by atoms with Crippen molar-refractivity contribution in [2.24, 2.45) is 0 Å². The highest BCUT2D eigenvalue weighted by atomic mass is 16.7. The minimum absolute atomic E-state index is 0.0524. The average Bonchev–Trinajstić information content (AvgIpc) is 3.24. The molecule has 4 aromatic carbocycles. The standard InChI is InChI=1S/C46H56N2O10/c1-34(50)40-8-5-9-41(31-40)47-43(51)30-35-10-16-39(17-11-35)46-57-42(32-48-18-20-52-22-24-54-26-28-56-29-27-55-25-23-53-21-19-48)44(37-6-3-2-4-7-37)45(58-46)38-14-12-36(33-49)13-15-38/h2-17,31,42,44-46,49H,18-30,32-33H2,1H3,(H,47,51). The maximum Gasteiger partial charge on any atom is 0.228 e. The molecular formula is C46H56N2O10. The van der Waals surface area contributed by atoms with Crippen molar-refractivity contribution in [3.05, 3.63) is 137 Å². The summed E-state index contributed by atoms with van der Waals surface area (Å²) in [6.07, 6.45) is -1.26. The molecule has 0 aromatic heterocycles. The van der Waals surface area contributed by atoms with E-state index >= 15 is 0 Å². The van der Waals surface area contributed by atoms with Crippen LogP contribution in [0.3, 0.4) is 0 Å². The topological polar surface area (TPSA) is 134 Å². The molecule has 0 bridgehead atoms. The lowest BCUT2D eigenvalue weighted by molar-refractivity contribution is -0.263. The maximum atomic E-state index is 13.0. The second kappa shape index (κ2) is 23.3. The molecule has 58 heavy (non-hydrogen) atoms. The van der Waals surface area contributed by atoms with E-state index < -0.39 is 6.29 Å². The summed E-state index contributed by atoms with van der Waals surface area (Å²) in [4.78, 5) is 27.2. The van der Waals surface area contributed by atoms with Gasteiger partial charge in [-0.25, -0.2) is 0 Å². The van der Waals surface area contributed by atoms with E-state index in [0.29, 0.717) is 97.0 Å². The van der Waals surface area contributed by atoms with E-state index in [-0.39, 0.29) is 42.8 Å². The van der Waals surface area contributed by atoms with Crippen LogP contribution in [-0.2, 0) is 51.0 Å². The molecule has 2 fully saturated rings. The molecule has 6 rings (SSSR count). The molecular weight excluding hydrogens is 741 g/mol. The van der Waals surface area contributed by atoms with Crippen LogP contribution in [0.4, 0.5) is 5.69 Å². The second-order valence-corrected chi connectivity index (χ2v) is 14.4. The Balaban J connectivity index is 1.22. The Hall–Kier alpha value is -4.34. The second-order valence-electron chi connectivity index (χ2n) is 14.4. The third kappa shape index (κ3) is 13.3. The minimum Gasteiger partial charge on any atom is -0.392 e. The molecule has 4 aromatic rings. The van der Waals surface area contributed by atoms with Gasteiger partial charge in [-0.15, -0.1) is 0 Å². The van der Waals surface area contributed by atoms with Crippen LogP contribution in [-0.4, -0.2) is 114 Å². The van der Waals surface area contributed by atoms with Gasteiger partial charge in [0.05, 0.1) is 91.3 Å². The van der Waals surface area contributed by atoms with Crippen LogP contribution in [0.5, 0.6) is 0 Å². The Kier molecular flexibility index (Phi) is 17.4. The fraction of sp³-hybridized carbons (Fsp3) is 0.435. The molecule has 12 nitrogen and oxygen atoms in total. The Morgan fingerprint density at radius 1 is 0.638 bits per heavy atom. The predicted molar refractivity (Wildman–Crippen MR) is 219 cm³/mol. The number of benzene rings is 4. The number of nitrogens with zero attached hydrogens (tertiary/aromatic N) is 1. The quantitative estimate of drug-likeness (QED) is 0.186. The van der Waals surface area contributed by atoms with Gasteiger partial charge in [-0.05, 0) is 41.3 Å². The highest BCUT2D eigenvalue weighted by Gasteiger charge is 2.42. The van der Waals surface area contributed by atoms with E-state index in [9.17, 15) is 14.7 Å². The summed E-state index contributed by atoms with van der Waals surface area (Å²) in [6.45, 7) is 8.30. The molecule has 1 amide bonds. The first-order chi connectivity index (χ1) is 28.5. The number of nitrogens with one attached hydrogen (secondary N) is 1. The minimum atomic E-state index is -0.712. The molecule has 2 saturated heterocycles. The number of carbonyl (C=O) groups is 2. The summed E-state index contributed by atoms with van der Waals surface area (Å²) < 4.78 is 42.8. The number of rotatable bonds is 10. The van der Waals surface area contributed by atoms with Crippen LogP contribution in [0.25, 0.3) is 0 Å². The summed E-state index contributed by atoms with van der Waals surface area (Å²) in [5.74, 6) is -0.430. The Bertz CT molecular complexity index is 1810. The number of amides is 1. The van der Waals surface area contributed by atoms with E-state index in [1.165, 1.54) is 6.92 Å². The van der Waals surface area contributed by atoms with Gasteiger partial charge >= 0.3 is 0 Å². The van der Waals surface area contributed by atoms with E-state index in [0.717, 1.165) is 27.8 Å². The van der Waals surface area contributed by atoms with Crippen LogP contribution in [0, 0.1) is 0 Å². The van der Waals surface area contributed by atoms with Crippen LogP contribution >= 0.6 is 0 Å². The van der Waals surface area contributed by atoms with E-state index in [4.69, 9.17) is 33.2 Å². The fourth-order valence-electron chi connectivity index (χ4n) is 7.08. The SMILES string of the molecule is CC(=O)c1cccc(NC(=O)Cc2ccc(C3OC(CN4CCOCCOCCOCCOCCOCC4)C(c4ccccc4)C(c4ccc(CO)cc4)O3)cc2)c1. The molecule has 2 N–H and O–H groups in total. The van der Waals surface area contributed by atoms with Crippen molar-refractivity contribution < 1.29 is 47.9 Å². The number of carbonyl (C=O) groups excluding carboxylic acids is 2. The lowest BCUT2D eigenvalue weighted by Gasteiger charge is -2.44. The number of aliphatic hydroxyl groups is 1. The average molecular weight is 797 g/mol. The Labute approximate surface area is 341 Å². The van der Waals surface area contributed by atoms with Crippen molar-refractivity contribution in [1.82, 2.24) is 4.90 Å². The van der Waals surface area contributed by atoms with Gasteiger partial charge < -0.3 is 43.6 Å². The summed E-state index contributed by atoms with van der Waals surface area (Å²) in [5, 5.41) is 12.7. The number of hydrogen-bond donors (Lipinski definition) is 2. The maximum absolute atomic E-state index is 13.0. The fourth-order valence-corrected chi connectivity index (χ4v) is 7.08. The first-order valence-corrected chi connectivity index (χ1v) is 20.1. The third-order valence-electron chi connectivity index (χ3n) is 10.2. The van der Waals surface area contributed by atoms with Gasteiger partial charge in [0.2, 0.25) is 5.91 Å². The van der Waals surface area contributed by atoms with Crippen molar-refractivity contribution in [2.75, 3.05) is 91.0 Å². The van der Waals surface area contributed by atoms with E-state index in [1.54, 1.807) is 24.3 Å². The molecule has 0 spiro atoms. The van der Waals surface area contributed by atoms with Crippen LogP contribution in [0.15, 0.2) is 103 Å². The van der Waals surface area contributed by atoms with Gasteiger partial charge in [0.15, 0.2) is 12.1 Å². The summed E-state index contributed by atoms with van der Waals surface area (Å²) in [5.41, 5.74) is 5.64. The molecule has 2 aliphatic heterocycles. The monoisotopic (exact) mass is 796 g/mol. The summed E-state index contributed by atoms with van der Waals surface area (Å²) >= 11 is 0. The highest BCUT2D eigenvalue weighted by Crippen LogP contribution is 2.47. The lowest BCUT2D eigenvalue weighted by atomic mass is 9.83. The normalized spacial score (nSPS) is 22.3. The van der Waals surface area contributed by atoms with Gasteiger partial charge in [0.1, 0.15) is 0 Å². The summed E-state index contributed by atoms with van der Waals surface area (Å²) in [6, 6.07) is 32.9. The van der Waals surface area contributed by atoms with Gasteiger partial charge in [0, 0.05) is 42.4 Å². The zero-order valence-corrected chi connectivity index (χ0v) is 33.3. The van der Waals surface area contributed by atoms with E-state index in [2.05, 4.69) is 22.3 Å². The molecule has 0 aliphatic carbocycles. The highest BCUT2D eigenvalue weighted by molar-refractivity contribution is 5.97. The van der Waals surface area contributed by atoms with Gasteiger partial charge in [-0.2, -0.15) is 0 Å².